The van der Waals surface area contributed by atoms with Crippen molar-refractivity contribution in [2.24, 2.45) is 0 Å². The van der Waals surface area contributed by atoms with Crippen LogP contribution in [-0.2, 0) is 12.1 Å². The Morgan fingerprint density at radius 2 is 1.75 bits per heavy atom. The third kappa shape index (κ3) is 1.14. The fraction of sp³-hybridized carbons (Fsp3) is 0.273. The molecule has 0 amide bonds. The molecule has 0 radical (unpaired) electrons. The average Bonchev–Trinajstić information content (AvgIpc) is 2.42. The molecule has 0 nitrogen and oxygen atoms in total. The minimum atomic E-state index is -1.10. The van der Waals surface area contributed by atoms with Gasteiger partial charge < -0.3 is 0 Å². The van der Waals surface area contributed by atoms with E-state index in [0.717, 1.165) is 0 Å². The predicted molar refractivity (Wildman–Crippen MR) is 55.7 cm³/mol. The quantitative estimate of drug-likeness (QED) is 0.574. The molecule has 62 valence electrons. The Kier molecular flexibility index (Phi) is 1.69. The monoisotopic (exact) mass is 174 g/mol. The van der Waals surface area contributed by atoms with Crippen LogP contribution in [0.2, 0.25) is 6.55 Å². The molecule has 1 heteroatoms. The van der Waals surface area contributed by atoms with Crippen molar-refractivity contribution in [3.05, 3.63) is 47.7 Å². The highest BCUT2D eigenvalue weighted by Crippen LogP contribution is 2.28. The topological polar surface area (TPSA) is 0 Å². The van der Waals surface area contributed by atoms with E-state index >= 15 is 0 Å². The minimum absolute atomic E-state index is 1.10. The Labute approximate surface area is 74.9 Å². The van der Waals surface area contributed by atoms with Gasteiger partial charge in [0.15, 0.2) is 0 Å². The molecule has 1 aliphatic rings. The highest BCUT2D eigenvalue weighted by molar-refractivity contribution is 6.83. The summed E-state index contributed by atoms with van der Waals surface area (Å²) in [4.78, 5) is 0. The molecule has 1 aromatic rings. The van der Waals surface area contributed by atoms with Gasteiger partial charge in [-0.3, -0.25) is 0 Å². The molecule has 1 heterocycles. The first kappa shape index (κ1) is 7.81. The second-order valence-corrected chi connectivity index (χ2v) is 8.40. The molecule has 0 N–H and O–H groups in total. The van der Waals surface area contributed by atoms with E-state index in [9.17, 15) is 0 Å². The highest BCUT2D eigenvalue weighted by atomic mass is 28.3. The van der Waals surface area contributed by atoms with Crippen LogP contribution in [0.4, 0.5) is 0 Å². The Balaban J connectivity index is 2.39. The van der Waals surface area contributed by atoms with Gasteiger partial charge in [-0.1, -0.05) is 30.8 Å². The van der Waals surface area contributed by atoms with Crippen LogP contribution in [0.15, 0.2) is 36.5 Å². The summed E-state index contributed by atoms with van der Waals surface area (Å²) in [5.41, 5.74) is 5.35. The summed E-state index contributed by atoms with van der Waals surface area (Å²) >= 11 is 0. The van der Waals surface area contributed by atoms with E-state index in [2.05, 4.69) is 43.1 Å². The zero-order chi connectivity index (χ0) is 8.60. The molecule has 0 atom stereocenters. The molecule has 0 fully saturated rings. The Morgan fingerprint density at radius 1 is 1.25 bits per heavy atom. The van der Waals surface area contributed by atoms with Crippen LogP contribution in [0, 0.1) is 0 Å². The van der Waals surface area contributed by atoms with Crippen LogP contribution in [0.1, 0.15) is 11.1 Å². The lowest BCUT2D eigenvalue weighted by Crippen LogP contribution is -2.28. The maximum absolute atomic E-state index is 3.96. The van der Waals surface area contributed by atoms with Crippen LogP contribution >= 0.6 is 0 Å². The van der Waals surface area contributed by atoms with Gasteiger partial charge in [-0.15, -0.1) is 12.3 Å². The molecule has 1 aromatic carbocycles. The second kappa shape index (κ2) is 2.59. The summed E-state index contributed by atoms with van der Waals surface area (Å²) in [6, 6.07) is 11.4. The van der Waals surface area contributed by atoms with Crippen molar-refractivity contribution in [2.75, 3.05) is 0 Å². The Bertz CT molecular complexity index is 290. The first-order valence-electron chi connectivity index (χ1n) is 4.44. The van der Waals surface area contributed by atoms with Crippen LogP contribution in [0.25, 0.3) is 0 Å². The van der Waals surface area contributed by atoms with E-state index in [-0.39, 0.29) is 0 Å². The fourth-order valence-electron chi connectivity index (χ4n) is 1.98. The van der Waals surface area contributed by atoms with Gasteiger partial charge in [0.1, 0.15) is 0 Å². The predicted octanol–water partition coefficient (Wildman–Crippen LogP) is 2.67. The van der Waals surface area contributed by atoms with Crippen molar-refractivity contribution in [1.29, 1.82) is 0 Å². The number of hydrogen-bond acceptors (Lipinski definition) is 0. The summed E-state index contributed by atoms with van der Waals surface area (Å²) in [6.45, 7) is 6.38. The van der Waals surface area contributed by atoms with Gasteiger partial charge in [-0.05, 0) is 23.2 Å². The van der Waals surface area contributed by atoms with Crippen molar-refractivity contribution < 1.29 is 0 Å². The largest absolute Gasteiger partial charge is 0.107 e. The second-order valence-electron chi connectivity index (χ2n) is 3.98. The van der Waals surface area contributed by atoms with Crippen molar-refractivity contribution in [1.82, 2.24) is 0 Å². The summed E-state index contributed by atoms with van der Waals surface area (Å²) < 4.78 is 0. The molecule has 0 spiro atoms. The third-order valence-electron chi connectivity index (χ3n) is 2.80. The summed E-state index contributed by atoms with van der Waals surface area (Å²) in [5, 5.41) is 0. The molecule has 0 aliphatic carbocycles. The molecule has 0 aromatic heterocycles. The normalized spacial score (nSPS) is 18.8. The van der Waals surface area contributed by atoms with Crippen molar-refractivity contribution in [2.45, 2.75) is 18.6 Å². The molecule has 0 saturated carbocycles. The third-order valence-corrected chi connectivity index (χ3v) is 6.16. The minimum Gasteiger partial charge on any atom is -0.107 e. The Morgan fingerprint density at radius 3 is 2.17 bits per heavy atom. The molecule has 0 saturated heterocycles. The number of rotatable bonds is 1. The summed E-state index contributed by atoms with van der Waals surface area (Å²) in [5.74, 6) is 0. The molecule has 1 aliphatic heterocycles. The maximum Gasteiger partial charge on any atom is 0.0826 e. The van der Waals surface area contributed by atoms with E-state index in [1.807, 2.05) is 0 Å². The molecule has 2 rings (SSSR count). The van der Waals surface area contributed by atoms with Crippen molar-refractivity contribution in [3.8, 4) is 0 Å². The lowest BCUT2D eigenvalue weighted by atomic mass is 10.1. The zero-order valence-electron chi connectivity index (χ0n) is 7.51. The SMILES string of the molecule is C=C[Si]1(C)Cc2ccccc2C1. The van der Waals surface area contributed by atoms with E-state index < -0.39 is 8.07 Å². The van der Waals surface area contributed by atoms with Gasteiger partial charge in [-0.25, -0.2) is 0 Å². The van der Waals surface area contributed by atoms with Crippen LogP contribution in [0.5, 0.6) is 0 Å². The van der Waals surface area contributed by atoms with Gasteiger partial charge in [-0.2, -0.15) is 0 Å². The van der Waals surface area contributed by atoms with E-state index in [1.165, 1.54) is 12.1 Å². The van der Waals surface area contributed by atoms with Gasteiger partial charge >= 0.3 is 0 Å². The molecule has 12 heavy (non-hydrogen) atoms. The first-order chi connectivity index (χ1) is 5.73. The Hall–Kier alpha value is -0.823. The maximum atomic E-state index is 3.96. The van der Waals surface area contributed by atoms with Crippen LogP contribution in [-0.4, -0.2) is 8.07 Å². The highest BCUT2D eigenvalue weighted by Gasteiger charge is 2.31. The number of hydrogen-bond donors (Lipinski definition) is 0. The lowest BCUT2D eigenvalue weighted by molar-refractivity contribution is 1.35. The van der Waals surface area contributed by atoms with Crippen LogP contribution < -0.4 is 0 Å². The lowest BCUT2D eigenvalue weighted by Gasteiger charge is -2.13. The van der Waals surface area contributed by atoms with E-state index in [4.69, 9.17) is 0 Å². The van der Waals surface area contributed by atoms with E-state index in [0.29, 0.717) is 0 Å². The smallest absolute Gasteiger partial charge is 0.0826 e. The standard InChI is InChI=1S/C11H14Si/c1-3-12(2)8-10-6-4-5-7-11(10)9-12/h3-7H,1,8-9H2,2H3. The van der Waals surface area contributed by atoms with E-state index in [1.54, 1.807) is 11.1 Å². The first-order valence-corrected chi connectivity index (χ1v) is 7.43. The molecule has 0 unspecified atom stereocenters. The molecule has 0 bridgehead atoms. The van der Waals surface area contributed by atoms with Gasteiger partial charge in [0.25, 0.3) is 0 Å². The summed E-state index contributed by atoms with van der Waals surface area (Å²) in [6.07, 6.45) is 0. The fourth-order valence-corrected chi connectivity index (χ4v) is 4.82. The molecular formula is C11H14Si. The van der Waals surface area contributed by atoms with Crippen molar-refractivity contribution >= 4 is 8.07 Å². The van der Waals surface area contributed by atoms with Gasteiger partial charge in [0.2, 0.25) is 0 Å². The zero-order valence-corrected chi connectivity index (χ0v) is 8.51. The average molecular weight is 174 g/mol. The molecular weight excluding hydrogens is 160 g/mol. The number of benzene rings is 1. The van der Waals surface area contributed by atoms with Gasteiger partial charge in [0, 0.05) is 0 Å². The van der Waals surface area contributed by atoms with Gasteiger partial charge in [0.05, 0.1) is 8.07 Å². The van der Waals surface area contributed by atoms with Crippen LogP contribution in [0.3, 0.4) is 0 Å². The van der Waals surface area contributed by atoms with Crippen molar-refractivity contribution in [3.63, 3.8) is 0 Å². The summed E-state index contributed by atoms with van der Waals surface area (Å²) in [7, 11) is -1.10. The number of fused-ring (bicyclic) bond motifs is 1.